The molecule has 0 aliphatic rings. The molecule has 19 heavy (non-hydrogen) atoms. The van der Waals surface area contributed by atoms with Gasteiger partial charge >= 0.3 is 0 Å². The molecule has 0 saturated heterocycles. The van der Waals surface area contributed by atoms with Gasteiger partial charge in [0.15, 0.2) is 0 Å². The Hall–Kier alpha value is -0.220. The minimum absolute atomic E-state index is 0.00533. The van der Waals surface area contributed by atoms with Gasteiger partial charge in [0.25, 0.3) is 20.2 Å². The van der Waals surface area contributed by atoms with E-state index in [1.165, 1.54) is 0 Å². The van der Waals surface area contributed by atoms with Crippen LogP contribution < -0.4 is 5.32 Å². The summed E-state index contributed by atoms with van der Waals surface area (Å²) in [5.41, 5.74) is 0. The van der Waals surface area contributed by atoms with Gasteiger partial charge in [-0.3, -0.25) is 8.37 Å². The molecule has 0 heterocycles. The van der Waals surface area contributed by atoms with Gasteiger partial charge in [-0.1, -0.05) is 13.8 Å². The fourth-order valence-electron chi connectivity index (χ4n) is 1.22. The van der Waals surface area contributed by atoms with E-state index in [-0.39, 0.29) is 24.7 Å². The van der Waals surface area contributed by atoms with Gasteiger partial charge in [-0.2, -0.15) is 16.8 Å². The minimum Gasteiger partial charge on any atom is -0.312 e. The zero-order valence-corrected chi connectivity index (χ0v) is 13.1. The first-order valence-corrected chi connectivity index (χ1v) is 9.43. The Morgan fingerprint density at radius 3 is 1.47 bits per heavy atom. The van der Waals surface area contributed by atoms with Gasteiger partial charge in [0.2, 0.25) is 0 Å². The summed E-state index contributed by atoms with van der Waals surface area (Å²) in [6.07, 6.45) is 1.03. The van der Waals surface area contributed by atoms with E-state index in [0.29, 0.717) is 25.9 Å². The minimum atomic E-state index is -3.42. The molecule has 0 atom stereocenters. The molecule has 0 fully saturated rings. The average molecular weight is 317 g/mol. The van der Waals surface area contributed by atoms with Crippen LogP contribution in [0.25, 0.3) is 0 Å². The third-order valence-corrected chi connectivity index (χ3v) is 4.86. The molecule has 0 aromatic heterocycles. The van der Waals surface area contributed by atoms with E-state index in [1.54, 1.807) is 13.8 Å². The zero-order valence-electron chi connectivity index (χ0n) is 11.4. The van der Waals surface area contributed by atoms with Crippen molar-refractivity contribution in [1.29, 1.82) is 0 Å². The van der Waals surface area contributed by atoms with Crippen LogP contribution in [0.2, 0.25) is 0 Å². The van der Waals surface area contributed by atoms with E-state index >= 15 is 0 Å². The highest BCUT2D eigenvalue weighted by atomic mass is 32.2. The second-order valence-corrected chi connectivity index (χ2v) is 7.44. The number of hydrogen-bond donors (Lipinski definition) is 1. The SMILES string of the molecule is CCCS(=O)(=O)OCCNCCOS(=O)(=O)CCC. The molecule has 0 aliphatic heterocycles. The summed E-state index contributed by atoms with van der Waals surface area (Å²) in [6.45, 7) is 4.22. The molecular formula is C10H23NO6S2. The van der Waals surface area contributed by atoms with E-state index in [4.69, 9.17) is 8.37 Å². The van der Waals surface area contributed by atoms with Crippen molar-refractivity contribution in [3.63, 3.8) is 0 Å². The fraction of sp³-hybridized carbons (Fsp3) is 1.00. The first-order chi connectivity index (χ1) is 8.83. The Morgan fingerprint density at radius 2 is 1.16 bits per heavy atom. The third-order valence-electron chi connectivity index (χ3n) is 1.99. The van der Waals surface area contributed by atoms with E-state index < -0.39 is 20.2 Å². The van der Waals surface area contributed by atoms with Crippen molar-refractivity contribution in [1.82, 2.24) is 5.32 Å². The predicted octanol–water partition coefficient (Wildman–Crippen LogP) is 0.0888. The van der Waals surface area contributed by atoms with Gasteiger partial charge in [0, 0.05) is 13.1 Å². The molecule has 1 N–H and O–H groups in total. The molecule has 0 aromatic carbocycles. The van der Waals surface area contributed by atoms with Gasteiger partial charge in [0.05, 0.1) is 24.7 Å². The summed E-state index contributed by atoms with van der Waals surface area (Å²) in [5.74, 6) is 0.0107. The second-order valence-electron chi connectivity index (χ2n) is 3.92. The van der Waals surface area contributed by atoms with Crippen LogP contribution in [0.15, 0.2) is 0 Å². The Bertz CT molecular complexity index is 377. The van der Waals surface area contributed by atoms with Crippen molar-refractivity contribution >= 4 is 20.2 Å². The second kappa shape index (κ2) is 9.65. The van der Waals surface area contributed by atoms with E-state index in [0.717, 1.165) is 0 Å². The fourth-order valence-corrected chi connectivity index (χ4v) is 3.13. The summed E-state index contributed by atoms with van der Waals surface area (Å²) < 4.78 is 54.1. The summed E-state index contributed by atoms with van der Waals surface area (Å²) in [4.78, 5) is 0. The Morgan fingerprint density at radius 1 is 0.789 bits per heavy atom. The van der Waals surface area contributed by atoms with Gasteiger partial charge < -0.3 is 5.32 Å². The summed E-state index contributed by atoms with van der Waals surface area (Å²) >= 11 is 0. The smallest absolute Gasteiger partial charge is 0.267 e. The monoisotopic (exact) mass is 317 g/mol. The van der Waals surface area contributed by atoms with Crippen LogP contribution in [0.5, 0.6) is 0 Å². The molecule has 116 valence electrons. The van der Waals surface area contributed by atoms with Crippen molar-refractivity contribution < 1.29 is 25.2 Å². The van der Waals surface area contributed by atoms with E-state index in [1.807, 2.05) is 0 Å². The molecule has 0 amide bonds. The highest BCUT2D eigenvalue weighted by molar-refractivity contribution is 7.86. The van der Waals surface area contributed by atoms with E-state index in [2.05, 4.69) is 5.32 Å². The highest BCUT2D eigenvalue weighted by Crippen LogP contribution is 1.96. The molecular weight excluding hydrogens is 294 g/mol. The van der Waals surface area contributed by atoms with Crippen LogP contribution in [0, 0.1) is 0 Å². The number of nitrogens with one attached hydrogen (secondary N) is 1. The molecule has 9 heteroatoms. The maximum absolute atomic E-state index is 11.2. The van der Waals surface area contributed by atoms with Crippen LogP contribution in [0.4, 0.5) is 0 Å². The number of rotatable bonds is 12. The first-order valence-electron chi connectivity index (χ1n) is 6.28. The lowest BCUT2D eigenvalue weighted by atomic mass is 10.6. The lowest BCUT2D eigenvalue weighted by Gasteiger charge is -2.07. The predicted molar refractivity (Wildman–Crippen MR) is 72.9 cm³/mol. The van der Waals surface area contributed by atoms with Crippen molar-refractivity contribution in [3.05, 3.63) is 0 Å². The quantitative estimate of drug-likeness (QED) is 0.402. The molecule has 0 saturated carbocycles. The Kier molecular flexibility index (Phi) is 9.54. The molecule has 0 aliphatic carbocycles. The normalized spacial score (nSPS) is 12.7. The van der Waals surface area contributed by atoms with Crippen molar-refractivity contribution in [2.75, 3.05) is 37.8 Å². The molecule has 0 spiro atoms. The van der Waals surface area contributed by atoms with Gasteiger partial charge in [-0.05, 0) is 12.8 Å². The first kappa shape index (κ1) is 18.8. The van der Waals surface area contributed by atoms with Crippen molar-refractivity contribution in [3.8, 4) is 0 Å². The molecule has 0 rings (SSSR count). The van der Waals surface area contributed by atoms with Gasteiger partial charge in [-0.25, -0.2) is 0 Å². The van der Waals surface area contributed by atoms with Crippen LogP contribution >= 0.6 is 0 Å². The molecule has 0 unspecified atom stereocenters. The van der Waals surface area contributed by atoms with Gasteiger partial charge in [-0.15, -0.1) is 0 Å². The summed E-state index contributed by atoms with van der Waals surface area (Å²) in [7, 11) is -6.84. The van der Waals surface area contributed by atoms with Gasteiger partial charge in [0.1, 0.15) is 0 Å². The molecule has 7 nitrogen and oxygen atoms in total. The molecule has 0 bridgehead atoms. The summed E-state index contributed by atoms with van der Waals surface area (Å²) in [6, 6.07) is 0. The van der Waals surface area contributed by atoms with Crippen molar-refractivity contribution in [2.45, 2.75) is 26.7 Å². The lowest BCUT2D eigenvalue weighted by molar-refractivity contribution is 0.292. The summed E-state index contributed by atoms with van der Waals surface area (Å²) in [5, 5.41) is 2.84. The zero-order chi connectivity index (χ0) is 14.8. The third kappa shape index (κ3) is 11.3. The standard InChI is InChI=1S/C10H23NO6S2/c1-3-9-18(12,13)16-7-5-11-6-8-17-19(14,15)10-4-2/h11H,3-10H2,1-2H3. The molecule has 0 aromatic rings. The molecule has 0 radical (unpaired) electrons. The van der Waals surface area contributed by atoms with E-state index in [9.17, 15) is 16.8 Å². The van der Waals surface area contributed by atoms with Crippen LogP contribution in [0.3, 0.4) is 0 Å². The lowest BCUT2D eigenvalue weighted by Crippen LogP contribution is -2.26. The Labute approximate surface area is 115 Å². The van der Waals surface area contributed by atoms with Crippen molar-refractivity contribution in [2.24, 2.45) is 0 Å². The topological polar surface area (TPSA) is 98.8 Å². The highest BCUT2D eigenvalue weighted by Gasteiger charge is 2.09. The maximum atomic E-state index is 11.2. The van der Waals surface area contributed by atoms with Crippen LogP contribution in [-0.4, -0.2) is 54.6 Å². The van der Waals surface area contributed by atoms with Crippen LogP contribution in [0.1, 0.15) is 26.7 Å². The Balaban J connectivity index is 3.57. The number of hydrogen-bond acceptors (Lipinski definition) is 7. The maximum Gasteiger partial charge on any atom is 0.267 e. The largest absolute Gasteiger partial charge is 0.312 e. The van der Waals surface area contributed by atoms with Crippen LogP contribution in [-0.2, 0) is 28.6 Å². The average Bonchev–Trinajstić information content (AvgIpc) is 2.27.